The van der Waals surface area contributed by atoms with Crippen molar-refractivity contribution in [2.75, 3.05) is 11.1 Å². The number of halogens is 3. The van der Waals surface area contributed by atoms with Gasteiger partial charge >= 0.3 is 5.69 Å². The van der Waals surface area contributed by atoms with Crippen LogP contribution in [0.4, 0.5) is 18.9 Å². The number of H-pyrrole nitrogens is 1. The lowest BCUT2D eigenvalue weighted by atomic mass is 10.3. The molecule has 0 aliphatic heterocycles. The van der Waals surface area contributed by atoms with Gasteiger partial charge in [0.15, 0.2) is 22.6 Å². The van der Waals surface area contributed by atoms with Gasteiger partial charge in [-0.25, -0.2) is 23.1 Å². The number of carbonyl (C=O) groups excluding carboxylic acids is 1. The molecule has 2 aromatic rings. The Labute approximate surface area is 133 Å². The summed E-state index contributed by atoms with van der Waals surface area (Å²) in [6.45, 7) is 2.32. The van der Waals surface area contributed by atoms with E-state index in [1.54, 1.807) is 0 Å². The van der Waals surface area contributed by atoms with Crippen LogP contribution in [-0.2, 0) is 11.3 Å². The van der Waals surface area contributed by atoms with E-state index in [0.29, 0.717) is 24.2 Å². The molecule has 0 unspecified atom stereocenters. The van der Waals surface area contributed by atoms with Crippen molar-refractivity contribution in [2.24, 2.45) is 0 Å². The van der Waals surface area contributed by atoms with Crippen molar-refractivity contribution in [1.82, 2.24) is 14.8 Å². The summed E-state index contributed by atoms with van der Waals surface area (Å²) < 4.78 is 40.7. The fourth-order valence-electron chi connectivity index (χ4n) is 1.77. The minimum atomic E-state index is -1.65. The van der Waals surface area contributed by atoms with Crippen LogP contribution >= 0.6 is 11.8 Å². The van der Waals surface area contributed by atoms with Crippen molar-refractivity contribution < 1.29 is 18.0 Å². The maximum atomic E-state index is 13.5. The van der Waals surface area contributed by atoms with Crippen LogP contribution in [0.2, 0.25) is 0 Å². The van der Waals surface area contributed by atoms with Crippen LogP contribution in [0, 0.1) is 17.5 Å². The van der Waals surface area contributed by atoms with E-state index in [0.717, 1.165) is 17.8 Å². The second-order valence-electron chi connectivity index (χ2n) is 4.52. The molecule has 0 fully saturated rings. The van der Waals surface area contributed by atoms with Crippen molar-refractivity contribution >= 4 is 23.4 Å². The highest BCUT2D eigenvalue weighted by molar-refractivity contribution is 7.99. The fourth-order valence-corrected chi connectivity index (χ4v) is 2.55. The van der Waals surface area contributed by atoms with Gasteiger partial charge in [0.1, 0.15) is 0 Å². The summed E-state index contributed by atoms with van der Waals surface area (Å²) in [6.07, 6.45) is 0.708. The zero-order chi connectivity index (χ0) is 17.0. The Balaban J connectivity index is 2.01. The highest BCUT2D eigenvalue weighted by atomic mass is 32.2. The van der Waals surface area contributed by atoms with Crippen LogP contribution in [0.15, 0.2) is 22.1 Å². The molecule has 0 radical (unpaired) electrons. The molecule has 124 valence electrons. The number of amides is 1. The lowest BCUT2D eigenvalue weighted by molar-refractivity contribution is -0.113. The Morgan fingerprint density at radius 3 is 2.78 bits per heavy atom. The van der Waals surface area contributed by atoms with Gasteiger partial charge in [-0.2, -0.15) is 0 Å². The van der Waals surface area contributed by atoms with Crippen LogP contribution in [0.3, 0.4) is 0 Å². The molecule has 0 aliphatic rings. The van der Waals surface area contributed by atoms with Crippen molar-refractivity contribution in [3.8, 4) is 0 Å². The van der Waals surface area contributed by atoms with Crippen LogP contribution in [0.25, 0.3) is 0 Å². The number of rotatable bonds is 6. The molecule has 0 saturated carbocycles. The number of carbonyl (C=O) groups is 1. The van der Waals surface area contributed by atoms with E-state index in [4.69, 9.17) is 0 Å². The number of benzene rings is 1. The van der Waals surface area contributed by atoms with Gasteiger partial charge in [-0.1, -0.05) is 18.7 Å². The topological polar surface area (TPSA) is 79.8 Å². The van der Waals surface area contributed by atoms with E-state index < -0.39 is 29.0 Å². The third kappa shape index (κ3) is 3.95. The van der Waals surface area contributed by atoms with E-state index in [2.05, 4.69) is 15.5 Å². The lowest BCUT2D eigenvalue weighted by Gasteiger charge is -2.07. The number of hydrogen-bond donors (Lipinski definition) is 2. The molecule has 0 saturated heterocycles. The average molecular weight is 346 g/mol. The standard InChI is InChI=1S/C13H13F3N4O2S/c1-2-5-20-12(22)18-19-13(20)23-6-9(21)17-8-4-3-7(14)10(15)11(8)16/h3-4H,2,5-6H2,1H3,(H,17,21)(H,18,22). The van der Waals surface area contributed by atoms with Gasteiger partial charge in [0, 0.05) is 6.54 Å². The Morgan fingerprint density at radius 2 is 2.09 bits per heavy atom. The largest absolute Gasteiger partial charge is 0.343 e. The van der Waals surface area contributed by atoms with Crippen LogP contribution in [0.5, 0.6) is 0 Å². The normalized spacial score (nSPS) is 10.8. The first-order valence-corrected chi connectivity index (χ1v) is 7.64. The molecular weight excluding hydrogens is 333 g/mol. The molecule has 2 rings (SSSR count). The zero-order valence-corrected chi connectivity index (χ0v) is 12.8. The predicted octanol–water partition coefficient (Wildman–Crippen LogP) is 2.13. The van der Waals surface area contributed by atoms with E-state index in [9.17, 15) is 22.8 Å². The highest BCUT2D eigenvalue weighted by Gasteiger charge is 2.16. The molecule has 0 spiro atoms. The maximum absolute atomic E-state index is 13.5. The summed E-state index contributed by atoms with van der Waals surface area (Å²) in [7, 11) is 0. The first kappa shape index (κ1) is 17.1. The first-order valence-electron chi connectivity index (χ1n) is 6.65. The second-order valence-corrected chi connectivity index (χ2v) is 5.47. The Bertz CT molecular complexity index is 775. The third-order valence-electron chi connectivity index (χ3n) is 2.81. The minimum absolute atomic E-state index is 0.174. The summed E-state index contributed by atoms with van der Waals surface area (Å²) >= 11 is 0.967. The van der Waals surface area contributed by atoms with Gasteiger partial charge in [0.05, 0.1) is 11.4 Å². The molecule has 1 aromatic carbocycles. The van der Waals surface area contributed by atoms with Crippen molar-refractivity contribution in [3.63, 3.8) is 0 Å². The Kier molecular flexibility index (Phi) is 5.48. The number of nitrogens with zero attached hydrogens (tertiary/aromatic N) is 2. The van der Waals surface area contributed by atoms with Gasteiger partial charge in [-0.3, -0.25) is 9.36 Å². The molecular formula is C13H13F3N4O2S. The van der Waals surface area contributed by atoms with Crippen molar-refractivity contribution in [1.29, 1.82) is 0 Å². The molecule has 0 aliphatic carbocycles. The molecule has 0 bridgehead atoms. The first-order chi connectivity index (χ1) is 10.9. The van der Waals surface area contributed by atoms with Crippen LogP contribution in [-0.4, -0.2) is 26.4 Å². The number of hydrogen-bond acceptors (Lipinski definition) is 4. The van der Waals surface area contributed by atoms with Gasteiger partial charge in [0.25, 0.3) is 0 Å². The number of nitrogens with one attached hydrogen (secondary N) is 2. The summed E-state index contributed by atoms with van der Waals surface area (Å²) in [6, 6.07) is 1.64. The number of thioether (sulfide) groups is 1. The Hall–Kier alpha value is -2.23. The zero-order valence-electron chi connectivity index (χ0n) is 12.0. The number of aromatic nitrogens is 3. The monoisotopic (exact) mass is 346 g/mol. The molecule has 1 heterocycles. The molecule has 10 heteroatoms. The van der Waals surface area contributed by atoms with Crippen LogP contribution in [0.1, 0.15) is 13.3 Å². The van der Waals surface area contributed by atoms with Gasteiger partial charge < -0.3 is 5.32 Å². The maximum Gasteiger partial charge on any atom is 0.343 e. The molecule has 6 nitrogen and oxygen atoms in total. The van der Waals surface area contributed by atoms with Gasteiger partial charge in [-0.05, 0) is 18.6 Å². The summed E-state index contributed by atoms with van der Waals surface area (Å²) in [5.74, 6) is -5.27. The molecule has 2 N–H and O–H groups in total. The lowest BCUT2D eigenvalue weighted by Crippen LogP contribution is -2.19. The van der Waals surface area contributed by atoms with E-state index in [1.165, 1.54) is 4.57 Å². The average Bonchev–Trinajstić information content (AvgIpc) is 2.87. The SMILES string of the molecule is CCCn1c(SCC(=O)Nc2ccc(F)c(F)c2F)n[nH]c1=O. The Morgan fingerprint density at radius 1 is 1.35 bits per heavy atom. The van der Waals surface area contributed by atoms with E-state index in [1.807, 2.05) is 6.92 Å². The van der Waals surface area contributed by atoms with Gasteiger partial charge in [0.2, 0.25) is 5.91 Å². The molecule has 23 heavy (non-hydrogen) atoms. The second kappa shape index (κ2) is 7.36. The summed E-state index contributed by atoms with van der Waals surface area (Å²) in [5.41, 5.74) is -0.844. The smallest absolute Gasteiger partial charge is 0.323 e. The fraction of sp³-hybridized carbons (Fsp3) is 0.308. The van der Waals surface area contributed by atoms with E-state index in [-0.39, 0.29) is 11.4 Å². The quantitative estimate of drug-likeness (QED) is 0.620. The molecule has 1 aromatic heterocycles. The van der Waals surface area contributed by atoms with Crippen molar-refractivity contribution in [2.45, 2.75) is 25.0 Å². The number of aromatic amines is 1. The summed E-state index contributed by atoms with van der Waals surface area (Å²) in [5, 5.41) is 8.51. The summed E-state index contributed by atoms with van der Waals surface area (Å²) in [4.78, 5) is 23.3. The third-order valence-corrected chi connectivity index (χ3v) is 3.79. The minimum Gasteiger partial charge on any atom is -0.323 e. The number of anilines is 1. The van der Waals surface area contributed by atoms with E-state index >= 15 is 0 Å². The van der Waals surface area contributed by atoms with Gasteiger partial charge in [-0.15, -0.1) is 5.10 Å². The van der Waals surface area contributed by atoms with Crippen molar-refractivity contribution in [3.05, 3.63) is 40.1 Å². The molecule has 1 amide bonds. The predicted molar refractivity (Wildman–Crippen MR) is 78.8 cm³/mol. The highest BCUT2D eigenvalue weighted by Crippen LogP contribution is 2.20. The van der Waals surface area contributed by atoms with Crippen LogP contribution < -0.4 is 11.0 Å². The molecule has 0 atom stereocenters.